The summed E-state index contributed by atoms with van der Waals surface area (Å²) in [5.74, 6) is 0.363. The van der Waals surface area contributed by atoms with Gasteiger partial charge < -0.3 is 15.2 Å². The van der Waals surface area contributed by atoms with Gasteiger partial charge in [0.05, 0.1) is 23.9 Å². The van der Waals surface area contributed by atoms with Crippen molar-refractivity contribution >= 4 is 17.5 Å². The Morgan fingerprint density at radius 1 is 1.39 bits per heavy atom. The number of fused-ring (bicyclic) bond motifs is 1. The summed E-state index contributed by atoms with van der Waals surface area (Å²) in [6.07, 6.45) is 2.02. The maximum Gasteiger partial charge on any atom is 0.231 e. The Bertz CT molecular complexity index is 646. The van der Waals surface area contributed by atoms with E-state index in [2.05, 4.69) is 5.16 Å². The summed E-state index contributed by atoms with van der Waals surface area (Å²) in [5, 5.41) is 3.69. The zero-order valence-electron chi connectivity index (χ0n) is 10.2. The number of benzene rings is 1. The van der Waals surface area contributed by atoms with Crippen LogP contribution >= 0.6 is 0 Å². The number of hydrogen-bond acceptors (Lipinski definition) is 4. The van der Waals surface area contributed by atoms with Crippen molar-refractivity contribution in [2.24, 2.45) is 0 Å². The number of likely N-dealkylation sites (N-methyl/N-ethyl adjacent to an activating group) is 1. The van der Waals surface area contributed by atoms with E-state index in [9.17, 15) is 4.79 Å². The van der Waals surface area contributed by atoms with Crippen molar-refractivity contribution < 1.29 is 9.32 Å². The fraction of sp³-hybridized carbons (Fsp3) is 0.231. The summed E-state index contributed by atoms with van der Waals surface area (Å²) in [7, 11) is 1.77. The molecule has 0 unspecified atom stereocenters. The number of amides is 1. The number of hydrogen-bond donors (Lipinski definition) is 1. The topological polar surface area (TPSA) is 72.4 Å². The molecule has 1 aromatic carbocycles. The number of rotatable bonds is 1. The van der Waals surface area contributed by atoms with Crippen LogP contribution < -0.4 is 10.6 Å². The van der Waals surface area contributed by atoms with E-state index in [1.807, 2.05) is 19.1 Å². The van der Waals surface area contributed by atoms with Crippen LogP contribution in [0.4, 0.5) is 11.6 Å². The smallest absolute Gasteiger partial charge is 0.231 e. The largest absolute Gasteiger partial charge is 0.367 e. The predicted molar refractivity (Wildman–Crippen MR) is 68.2 cm³/mol. The van der Waals surface area contributed by atoms with Crippen molar-refractivity contribution in [3.63, 3.8) is 0 Å². The summed E-state index contributed by atoms with van der Waals surface area (Å²) in [5.41, 5.74) is 10.4. The summed E-state index contributed by atoms with van der Waals surface area (Å²) >= 11 is 0. The molecule has 0 bridgehead atoms. The maximum atomic E-state index is 11.8. The lowest BCUT2D eigenvalue weighted by atomic mass is 9.99. The molecule has 2 heterocycles. The number of aryl methyl sites for hydroxylation is 1. The van der Waals surface area contributed by atoms with E-state index in [-0.39, 0.29) is 11.8 Å². The molecule has 5 heteroatoms. The second-order valence-corrected chi connectivity index (χ2v) is 4.55. The number of aromatic nitrogens is 1. The van der Waals surface area contributed by atoms with Crippen LogP contribution in [-0.4, -0.2) is 18.1 Å². The summed E-state index contributed by atoms with van der Waals surface area (Å²) in [6, 6.07) is 4.03. The molecule has 2 aromatic rings. The van der Waals surface area contributed by atoms with Crippen LogP contribution in [0.2, 0.25) is 0 Å². The molecule has 5 nitrogen and oxygen atoms in total. The van der Waals surface area contributed by atoms with Crippen LogP contribution in [0.25, 0.3) is 11.1 Å². The molecular weight excluding hydrogens is 230 g/mol. The highest BCUT2D eigenvalue weighted by Crippen LogP contribution is 2.40. The standard InChI is InChI=1S/C13H13N3O2/c1-7-3-8-5-11(17)16(2)12(8)9(4-7)10-6-15-18-13(10)14/h3-4,6H,5,14H2,1-2H3. The zero-order chi connectivity index (χ0) is 12.9. The number of carbonyl (C=O) groups excluding carboxylic acids is 1. The van der Waals surface area contributed by atoms with Gasteiger partial charge in [-0.05, 0) is 18.6 Å². The SMILES string of the molecule is Cc1cc2c(c(-c3cnoc3N)c1)N(C)C(=O)C2. The lowest BCUT2D eigenvalue weighted by molar-refractivity contribution is -0.117. The van der Waals surface area contributed by atoms with E-state index in [4.69, 9.17) is 10.3 Å². The highest BCUT2D eigenvalue weighted by Gasteiger charge is 2.28. The molecule has 3 rings (SSSR count). The van der Waals surface area contributed by atoms with Crippen molar-refractivity contribution in [1.82, 2.24) is 5.16 Å². The molecule has 2 N–H and O–H groups in total. The summed E-state index contributed by atoms with van der Waals surface area (Å²) in [4.78, 5) is 13.5. The normalized spacial score (nSPS) is 14.1. The molecule has 1 aliphatic rings. The van der Waals surface area contributed by atoms with E-state index in [0.29, 0.717) is 6.42 Å². The third kappa shape index (κ3) is 1.40. The van der Waals surface area contributed by atoms with Gasteiger partial charge in [-0.25, -0.2) is 0 Å². The first kappa shape index (κ1) is 10.8. The molecule has 0 fully saturated rings. The Kier molecular flexibility index (Phi) is 2.16. The van der Waals surface area contributed by atoms with E-state index >= 15 is 0 Å². The first-order valence-corrected chi connectivity index (χ1v) is 5.68. The van der Waals surface area contributed by atoms with Crippen molar-refractivity contribution in [3.8, 4) is 11.1 Å². The van der Waals surface area contributed by atoms with Gasteiger partial charge in [-0.2, -0.15) is 0 Å². The minimum atomic E-state index is 0.0897. The second-order valence-electron chi connectivity index (χ2n) is 4.55. The monoisotopic (exact) mass is 243 g/mol. The molecule has 0 aliphatic carbocycles. The molecule has 18 heavy (non-hydrogen) atoms. The first-order valence-electron chi connectivity index (χ1n) is 5.68. The van der Waals surface area contributed by atoms with Gasteiger partial charge >= 0.3 is 0 Å². The van der Waals surface area contributed by atoms with Crippen molar-refractivity contribution in [2.45, 2.75) is 13.3 Å². The van der Waals surface area contributed by atoms with E-state index in [1.165, 1.54) is 0 Å². The third-order valence-corrected chi connectivity index (χ3v) is 3.27. The highest BCUT2D eigenvalue weighted by molar-refractivity contribution is 6.06. The minimum Gasteiger partial charge on any atom is -0.367 e. The zero-order valence-corrected chi connectivity index (χ0v) is 10.2. The molecule has 0 atom stereocenters. The van der Waals surface area contributed by atoms with Gasteiger partial charge in [-0.15, -0.1) is 0 Å². The molecule has 1 aliphatic heterocycles. The van der Waals surface area contributed by atoms with Crippen molar-refractivity contribution in [1.29, 1.82) is 0 Å². The minimum absolute atomic E-state index is 0.0897. The number of anilines is 2. The van der Waals surface area contributed by atoms with Gasteiger partial charge in [0.1, 0.15) is 0 Å². The van der Waals surface area contributed by atoms with Gasteiger partial charge in [0, 0.05) is 12.6 Å². The molecule has 0 saturated carbocycles. The molecule has 92 valence electrons. The molecule has 1 amide bonds. The lowest BCUT2D eigenvalue weighted by Crippen LogP contribution is -2.21. The number of nitrogens with zero attached hydrogens (tertiary/aromatic N) is 2. The van der Waals surface area contributed by atoms with Crippen LogP contribution in [0.1, 0.15) is 11.1 Å². The Morgan fingerprint density at radius 3 is 2.83 bits per heavy atom. The predicted octanol–water partition coefficient (Wildman–Crippen LogP) is 1.75. The lowest BCUT2D eigenvalue weighted by Gasteiger charge is -2.15. The van der Waals surface area contributed by atoms with Gasteiger partial charge in [0.15, 0.2) is 0 Å². The average molecular weight is 243 g/mol. The molecule has 1 aromatic heterocycles. The van der Waals surface area contributed by atoms with Crippen molar-refractivity contribution in [3.05, 3.63) is 29.5 Å². The molecule has 0 radical (unpaired) electrons. The fourth-order valence-electron chi connectivity index (χ4n) is 2.45. The van der Waals surface area contributed by atoms with Crippen LogP contribution in [0.5, 0.6) is 0 Å². The maximum absolute atomic E-state index is 11.8. The average Bonchev–Trinajstić information content (AvgIpc) is 2.84. The van der Waals surface area contributed by atoms with E-state index in [1.54, 1.807) is 18.1 Å². The summed E-state index contributed by atoms with van der Waals surface area (Å²) < 4.78 is 4.90. The van der Waals surface area contributed by atoms with Gasteiger partial charge in [0.25, 0.3) is 0 Å². The van der Waals surface area contributed by atoms with Crippen LogP contribution in [0.15, 0.2) is 22.9 Å². The Labute approximate surface area is 104 Å². The third-order valence-electron chi connectivity index (χ3n) is 3.27. The van der Waals surface area contributed by atoms with E-state index < -0.39 is 0 Å². The fourth-order valence-corrected chi connectivity index (χ4v) is 2.45. The molecular formula is C13H13N3O2. The Hall–Kier alpha value is -2.30. The van der Waals surface area contributed by atoms with E-state index in [0.717, 1.165) is 27.9 Å². The first-order chi connectivity index (χ1) is 8.58. The van der Waals surface area contributed by atoms with Crippen LogP contribution in [0, 0.1) is 6.92 Å². The summed E-state index contributed by atoms with van der Waals surface area (Å²) in [6.45, 7) is 2.00. The number of nitrogens with two attached hydrogens (primary N) is 1. The van der Waals surface area contributed by atoms with Crippen LogP contribution in [-0.2, 0) is 11.2 Å². The van der Waals surface area contributed by atoms with Gasteiger partial charge in [0.2, 0.25) is 11.8 Å². The molecule has 0 saturated heterocycles. The Balaban J connectivity index is 2.29. The molecule has 0 spiro atoms. The number of nitrogen functional groups attached to an aromatic ring is 1. The van der Waals surface area contributed by atoms with Gasteiger partial charge in [-0.1, -0.05) is 16.8 Å². The second kappa shape index (κ2) is 3.60. The van der Waals surface area contributed by atoms with Gasteiger partial charge in [-0.3, -0.25) is 4.79 Å². The quantitative estimate of drug-likeness (QED) is 0.828. The highest BCUT2D eigenvalue weighted by atomic mass is 16.5. The van der Waals surface area contributed by atoms with Crippen LogP contribution in [0.3, 0.4) is 0 Å². The Morgan fingerprint density at radius 2 is 2.17 bits per heavy atom. The number of carbonyl (C=O) groups is 1. The van der Waals surface area contributed by atoms with Crippen molar-refractivity contribution in [2.75, 3.05) is 17.7 Å².